The SMILES string of the molecule is CN(C)C=O.CN(C)C=O.CN(C)C=O.CN(C)C=O.Cc1cnccc1-c1ccncc1C.O.O=C([O-])c1ccc(-c2ccc(C(=O)[O-])cc2)cc1.O=C([O-])c1ccc(-c2ccc(C(=O)[O-])cc2)cc1.O=C([O-])c1ccc(-c2ccc(C(=O)[O-])cc2)cc1.[Zn+2].[Zn+2].[Zn+2]. The van der Waals surface area contributed by atoms with Gasteiger partial charge in [0, 0.05) is 81.2 Å². The van der Waals surface area contributed by atoms with Crippen LogP contribution in [0.1, 0.15) is 73.3 Å². The van der Waals surface area contributed by atoms with E-state index in [2.05, 4.69) is 23.8 Å². The zero-order valence-corrected chi connectivity index (χ0v) is 61.4. The van der Waals surface area contributed by atoms with Crippen LogP contribution in [0.4, 0.5) is 0 Å². The first-order valence-corrected chi connectivity index (χ1v) is 25.8. The maximum Gasteiger partial charge on any atom is 2.00 e. The normalized spacial score (nSPS) is 8.89. The molecule has 0 atom stereocenters. The molecular weight excluding hydrogens is 1340 g/mol. The van der Waals surface area contributed by atoms with E-state index in [1.807, 2.05) is 36.9 Å². The van der Waals surface area contributed by atoms with Crippen molar-refractivity contribution in [3.8, 4) is 44.5 Å². The number of hydrogen-bond donors (Lipinski definition) is 0. The molecule has 4 amide bonds. The summed E-state index contributed by atoms with van der Waals surface area (Å²) in [5, 5.41) is 63.5. The Hall–Kier alpha value is -9.85. The summed E-state index contributed by atoms with van der Waals surface area (Å²) < 4.78 is 0. The average Bonchev–Trinajstić information content (AvgIpc) is 1.41. The molecule has 6 aromatic carbocycles. The van der Waals surface area contributed by atoms with E-state index in [4.69, 9.17) is 0 Å². The van der Waals surface area contributed by atoms with Gasteiger partial charge in [-0.2, -0.15) is 0 Å². The van der Waals surface area contributed by atoms with E-state index in [-0.39, 0.29) is 97.3 Å². The van der Waals surface area contributed by atoms with Crippen LogP contribution in [-0.2, 0) is 77.6 Å². The fourth-order valence-corrected chi connectivity index (χ4v) is 6.34. The Morgan fingerprint density at radius 3 is 0.522 bits per heavy atom. The molecule has 8 aromatic rings. The van der Waals surface area contributed by atoms with Gasteiger partial charge in [-0.25, -0.2) is 0 Å². The minimum absolute atomic E-state index is 0. The summed E-state index contributed by atoms with van der Waals surface area (Å²) in [4.78, 5) is 115. The molecule has 0 aliphatic carbocycles. The van der Waals surface area contributed by atoms with Crippen molar-refractivity contribution in [2.45, 2.75) is 13.8 Å². The number of pyridine rings is 2. The Labute approximate surface area is 571 Å². The second-order valence-corrected chi connectivity index (χ2v) is 18.8. The second-order valence-electron chi connectivity index (χ2n) is 18.8. The van der Waals surface area contributed by atoms with Crippen LogP contribution in [0.3, 0.4) is 0 Å². The summed E-state index contributed by atoms with van der Waals surface area (Å²) in [5.74, 6) is -7.37. The fourth-order valence-electron chi connectivity index (χ4n) is 6.34. The van der Waals surface area contributed by atoms with Crippen molar-refractivity contribution in [3.05, 3.63) is 227 Å². The molecule has 0 unspecified atom stereocenters. The topological polar surface area (TPSA) is 379 Å². The first-order chi connectivity index (χ1) is 41.6. The first-order valence-electron chi connectivity index (χ1n) is 25.8. The number of benzene rings is 6. The Morgan fingerprint density at radius 1 is 0.293 bits per heavy atom. The molecule has 23 nitrogen and oxygen atoms in total. The number of amides is 4. The third-order valence-corrected chi connectivity index (χ3v) is 10.9. The van der Waals surface area contributed by atoms with Gasteiger partial charge in [-0.3, -0.25) is 29.1 Å². The van der Waals surface area contributed by atoms with E-state index in [1.54, 1.807) is 129 Å². The molecule has 8 rings (SSSR count). The molecule has 0 fully saturated rings. The van der Waals surface area contributed by atoms with Gasteiger partial charge in [-0.05, 0) is 115 Å². The number of carboxylic acids is 6. The molecule has 0 aliphatic heterocycles. The van der Waals surface area contributed by atoms with Crippen LogP contribution in [0.2, 0.25) is 0 Å². The minimum atomic E-state index is -1.23. The summed E-state index contributed by atoms with van der Waals surface area (Å²) in [5.41, 5.74) is 10.3. The van der Waals surface area contributed by atoms with Gasteiger partial charge < -0.3 is 84.5 Å². The molecule has 2 aromatic heterocycles. The molecule has 92 heavy (non-hydrogen) atoms. The number of carbonyl (C=O) groups is 10. The van der Waals surface area contributed by atoms with Gasteiger partial charge in [-0.15, -0.1) is 0 Å². The number of nitrogens with zero attached hydrogens (tertiary/aromatic N) is 6. The molecular formula is C66H66N6O17Zn3. The molecule has 2 heterocycles. The zero-order valence-electron chi connectivity index (χ0n) is 52.5. The van der Waals surface area contributed by atoms with E-state index in [0.29, 0.717) is 0 Å². The largest absolute Gasteiger partial charge is 2.00 e. The molecule has 0 spiro atoms. The molecule has 0 radical (unpaired) electrons. The van der Waals surface area contributed by atoms with Crippen molar-refractivity contribution in [1.29, 1.82) is 0 Å². The standard InChI is InChI=1S/3C14H10O4.C12H12N2.4C3H7NO.H2O.3Zn/c3*15-13(16)11-5-1-9(2-6-11)10-3-7-12(8-4-10)14(17)18;1-9-7-13-5-3-11(9)12-4-6-14-8-10(12)2;4*1-4(2)3-5;;;;/h3*1-8H,(H,15,16)(H,17,18);3-8H,1-2H3;4*3H,1-2H3;1H2;;;/q;;;;;;;;;3*+2/p-6. The molecule has 26 heteroatoms. The van der Waals surface area contributed by atoms with E-state index in [1.165, 1.54) is 115 Å². The summed E-state index contributed by atoms with van der Waals surface area (Å²) in [6.45, 7) is 4.14. The summed E-state index contributed by atoms with van der Waals surface area (Å²) in [6.07, 6.45) is 10.4. The van der Waals surface area contributed by atoms with Crippen LogP contribution >= 0.6 is 0 Å². The van der Waals surface area contributed by atoms with Crippen LogP contribution in [0.5, 0.6) is 0 Å². The molecule has 468 valence electrons. The van der Waals surface area contributed by atoms with Crippen molar-refractivity contribution in [2.75, 3.05) is 56.4 Å². The minimum Gasteiger partial charge on any atom is -0.545 e. The third-order valence-electron chi connectivity index (χ3n) is 10.9. The number of carboxylic acid groups (broad SMARTS) is 6. The predicted molar refractivity (Wildman–Crippen MR) is 321 cm³/mol. The van der Waals surface area contributed by atoms with Crippen LogP contribution in [0.15, 0.2) is 183 Å². The van der Waals surface area contributed by atoms with Crippen LogP contribution in [0, 0.1) is 13.8 Å². The Balaban J connectivity index is -0.000000504. The Kier molecular flexibility index (Phi) is 46.3. The summed E-state index contributed by atoms with van der Waals surface area (Å²) in [7, 11) is 13.5. The van der Waals surface area contributed by atoms with Crippen molar-refractivity contribution in [1.82, 2.24) is 29.6 Å². The van der Waals surface area contributed by atoms with Gasteiger partial charge in [0.25, 0.3) is 0 Å². The molecule has 0 saturated heterocycles. The van der Waals surface area contributed by atoms with E-state index in [0.717, 1.165) is 59.0 Å². The Bertz CT molecular complexity index is 3000. The van der Waals surface area contributed by atoms with Crippen molar-refractivity contribution in [2.24, 2.45) is 0 Å². The maximum absolute atomic E-state index is 10.6. The van der Waals surface area contributed by atoms with E-state index >= 15 is 0 Å². The van der Waals surface area contributed by atoms with E-state index in [9.17, 15) is 78.6 Å². The number of hydrogen-bond acceptors (Lipinski definition) is 18. The van der Waals surface area contributed by atoms with E-state index < -0.39 is 35.8 Å². The van der Waals surface area contributed by atoms with Crippen LogP contribution in [0.25, 0.3) is 44.5 Å². The summed E-state index contributed by atoms with van der Waals surface area (Å²) >= 11 is 0. The van der Waals surface area contributed by atoms with Crippen molar-refractivity contribution >= 4 is 61.5 Å². The smallest absolute Gasteiger partial charge is 0.545 e. The molecule has 2 N–H and O–H groups in total. The third kappa shape index (κ3) is 34.8. The average molecular weight is 1410 g/mol. The second kappa shape index (κ2) is 48.1. The first kappa shape index (κ1) is 88.6. The molecule has 0 saturated carbocycles. The quantitative estimate of drug-likeness (QED) is 0.108. The monoisotopic (exact) mass is 1410 g/mol. The summed E-state index contributed by atoms with van der Waals surface area (Å²) in [6, 6.07) is 41.0. The number of aromatic nitrogens is 2. The van der Waals surface area contributed by atoms with Gasteiger partial charge in [0.2, 0.25) is 25.6 Å². The number of aryl methyl sites for hydroxylation is 2. The Morgan fingerprint density at radius 2 is 0.424 bits per heavy atom. The van der Waals surface area contributed by atoms with Gasteiger partial charge in [-0.1, -0.05) is 146 Å². The number of rotatable bonds is 14. The van der Waals surface area contributed by atoms with Crippen LogP contribution in [-0.4, -0.2) is 153 Å². The zero-order chi connectivity index (χ0) is 66.5. The molecule has 0 aliphatic rings. The van der Waals surface area contributed by atoms with Gasteiger partial charge in [0.15, 0.2) is 0 Å². The van der Waals surface area contributed by atoms with Crippen LogP contribution < -0.4 is 30.6 Å². The van der Waals surface area contributed by atoms with Gasteiger partial charge in [0.05, 0.1) is 35.8 Å². The maximum atomic E-state index is 10.6. The fraction of sp³-hybridized carbons (Fsp3) is 0.152. The molecule has 0 bridgehead atoms. The number of aromatic carboxylic acids is 6. The number of carbonyl (C=O) groups excluding carboxylic acids is 10. The predicted octanol–water partition coefficient (Wildman–Crippen LogP) is 0.988. The van der Waals surface area contributed by atoms with Crippen molar-refractivity contribution in [3.63, 3.8) is 0 Å². The van der Waals surface area contributed by atoms with Crippen molar-refractivity contribution < 1.29 is 142 Å². The van der Waals surface area contributed by atoms with Gasteiger partial charge in [0.1, 0.15) is 0 Å². The van der Waals surface area contributed by atoms with Gasteiger partial charge >= 0.3 is 58.4 Å².